The van der Waals surface area contributed by atoms with Crippen LogP contribution in [0.4, 0.5) is 5.69 Å². The van der Waals surface area contributed by atoms with Crippen molar-refractivity contribution in [3.05, 3.63) is 49.1 Å². The largest absolute Gasteiger partial charge is 0.486 e. The molecule has 0 amide bonds. The molecule has 0 aliphatic heterocycles. The quantitative estimate of drug-likeness (QED) is 0.587. The lowest BCUT2D eigenvalue weighted by molar-refractivity contribution is 0.0291. The zero-order valence-corrected chi connectivity index (χ0v) is 9.78. The van der Waals surface area contributed by atoms with Crippen LogP contribution >= 0.6 is 0 Å². The van der Waals surface area contributed by atoms with E-state index in [2.05, 4.69) is 6.58 Å². The average Bonchev–Trinajstić information content (AvgIpc) is 2.30. The minimum Gasteiger partial charge on any atom is -0.486 e. The minimum atomic E-state index is -0.0530. The molecule has 0 saturated heterocycles. The molecule has 1 rings (SSSR count). The van der Waals surface area contributed by atoms with Crippen molar-refractivity contribution in [3.63, 3.8) is 0 Å². The Bertz CT molecular complexity index is 371. The summed E-state index contributed by atoms with van der Waals surface area (Å²) < 4.78 is 5.69. The maximum Gasteiger partial charge on any atom is 0.120 e. The maximum atomic E-state index is 8.79. The summed E-state index contributed by atoms with van der Waals surface area (Å²) >= 11 is 0. The van der Waals surface area contributed by atoms with E-state index in [1.807, 2.05) is 19.1 Å². The number of ether oxygens (including phenoxy) is 1. The van der Waals surface area contributed by atoms with Crippen molar-refractivity contribution in [2.75, 3.05) is 5.23 Å². The van der Waals surface area contributed by atoms with Gasteiger partial charge in [-0.1, -0.05) is 12.2 Å². The van der Waals surface area contributed by atoms with Crippen molar-refractivity contribution < 1.29 is 15.2 Å². The van der Waals surface area contributed by atoms with Crippen molar-refractivity contribution in [1.29, 1.82) is 0 Å². The first-order chi connectivity index (χ1) is 8.17. The van der Waals surface area contributed by atoms with E-state index in [9.17, 15) is 0 Å². The Morgan fingerprint density at radius 2 is 2.00 bits per heavy atom. The molecule has 0 aliphatic rings. The van der Waals surface area contributed by atoms with E-state index in [0.717, 1.165) is 6.42 Å². The van der Waals surface area contributed by atoms with Gasteiger partial charge in [0.25, 0.3) is 0 Å². The summed E-state index contributed by atoms with van der Waals surface area (Å²) in [5.74, 6) is 0.667. The molecule has 1 unspecified atom stereocenters. The number of allylic oxidation sites excluding steroid dienone is 1. The van der Waals surface area contributed by atoms with E-state index in [4.69, 9.17) is 15.2 Å². The van der Waals surface area contributed by atoms with E-state index in [-0.39, 0.29) is 17.0 Å². The molecule has 0 heterocycles. The molecule has 1 aromatic rings. The van der Waals surface area contributed by atoms with Gasteiger partial charge in [0.2, 0.25) is 0 Å². The summed E-state index contributed by atoms with van der Waals surface area (Å²) in [5.41, 5.74) is 0.281. The summed E-state index contributed by atoms with van der Waals surface area (Å²) in [7, 11) is 0. The Balaban J connectivity index is 2.69. The zero-order valence-electron chi connectivity index (χ0n) is 9.78. The van der Waals surface area contributed by atoms with Crippen molar-refractivity contribution in [2.24, 2.45) is 0 Å². The lowest BCUT2D eigenvalue weighted by Gasteiger charge is -2.15. The normalized spacial score (nSPS) is 12.4. The molecule has 4 heteroatoms. The van der Waals surface area contributed by atoms with Crippen LogP contribution in [0.25, 0.3) is 0 Å². The number of anilines is 1. The van der Waals surface area contributed by atoms with Gasteiger partial charge in [-0.2, -0.15) is 0 Å². The molecule has 0 fully saturated rings. The molecule has 92 valence electrons. The van der Waals surface area contributed by atoms with Gasteiger partial charge in [0.1, 0.15) is 11.9 Å². The van der Waals surface area contributed by atoms with E-state index in [1.165, 1.54) is 0 Å². The molecular weight excluding hydrogens is 218 g/mol. The van der Waals surface area contributed by atoms with Gasteiger partial charge >= 0.3 is 0 Å². The molecular formula is C13H17NO3. The molecule has 2 N–H and O–H groups in total. The molecule has 0 spiro atoms. The SMILES string of the molecule is C=CCC(C=CC)Oc1ccc(N(O)O)cc1. The van der Waals surface area contributed by atoms with Gasteiger partial charge in [0.15, 0.2) is 0 Å². The molecule has 1 aromatic carbocycles. The Hall–Kier alpha value is -1.78. The fourth-order valence-corrected chi connectivity index (χ4v) is 1.38. The molecule has 0 saturated carbocycles. The van der Waals surface area contributed by atoms with E-state index in [0.29, 0.717) is 5.75 Å². The highest BCUT2D eigenvalue weighted by Gasteiger charge is 2.05. The van der Waals surface area contributed by atoms with Crippen LogP contribution in [0.2, 0.25) is 0 Å². The third-order valence-electron chi connectivity index (χ3n) is 2.16. The number of nitrogens with zero attached hydrogens (tertiary/aromatic N) is 1. The van der Waals surface area contributed by atoms with Crippen LogP contribution < -0.4 is 9.96 Å². The monoisotopic (exact) mass is 235 g/mol. The second-order valence-corrected chi connectivity index (χ2v) is 3.49. The van der Waals surface area contributed by atoms with Crippen LogP contribution in [0.5, 0.6) is 5.75 Å². The number of rotatable bonds is 6. The first-order valence-electron chi connectivity index (χ1n) is 5.35. The van der Waals surface area contributed by atoms with E-state index >= 15 is 0 Å². The Morgan fingerprint density at radius 1 is 1.35 bits per heavy atom. The molecule has 0 aliphatic carbocycles. The fraction of sp³-hybridized carbons (Fsp3) is 0.231. The molecule has 4 nitrogen and oxygen atoms in total. The number of hydrogen-bond donors (Lipinski definition) is 2. The fourth-order valence-electron chi connectivity index (χ4n) is 1.38. The molecule has 17 heavy (non-hydrogen) atoms. The van der Waals surface area contributed by atoms with Crippen LogP contribution in [0.1, 0.15) is 13.3 Å². The average molecular weight is 235 g/mol. The molecule has 0 bridgehead atoms. The Morgan fingerprint density at radius 3 is 2.47 bits per heavy atom. The predicted molar refractivity (Wildman–Crippen MR) is 66.5 cm³/mol. The van der Waals surface area contributed by atoms with Crippen LogP contribution in [-0.4, -0.2) is 16.5 Å². The molecule has 0 aromatic heterocycles. The lowest BCUT2D eigenvalue weighted by Crippen LogP contribution is -2.13. The van der Waals surface area contributed by atoms with Crippen LogP contribution in [0.15, 0.2) is 49.1 Å². The third-order valence-corrected chi connectivity index (χ3v) is 2.16. The van der Waals surface area contributed by atoms with Crippen molar-refractivity contribution in [2.45, 2.75) is 19.4 Å². The summed E-state index contributed by atoms with van der Waals surface area (Å²) in [6.07, 6.45) is 6.33. The Labute approximate surface area is 101 Å². The van der Waals surface area contributed by atoms with Crippen molar-refractivity contribution >= 4 is 5.69 Å². The summed E-state index contributed by atoms with van der Waals surface area (Å²) in [4.78, 5) is 0. The highest BCUT2D eigenvalue weighted by Crippen LogP contribution is 2.19. The zero-order chi connectivity index (χ0) is 12.7. The van der Waals surface area contributed by atoms with Gasteiger partial charge in [-0.3, -0.25) is 10.4 Å². The first-order valence-corrected chi connectivity index (χ1v) is 5.35. The summed E-state index contributed by atoms with van der Waals surface area (Å²) in [6.45, 7) is 5.60. The summed E-state index contributed by atoms with van der Waals surface area (Å²) in [5, 5.41) is 17.6. The van der Waals surface area contributed by atoms with Crippen LogP contribution in [0, 0.1) is 0 Å². The first kappa shape index (κ1) is 13.3. The van der Waals surface area contributed by atoms with Crippen molar-refractivity contribution in [1.82, 2.24) is 0 Å². The van der Waals surface area contributed by atoms with Gasteiger partial charge in [-0.25, -0.2) is 0 Å². The van der Waals surface area contributed by atoms with Crippen LogP contribution in [0.3, 0.4) is 0 Å². The number of hydrogen-bond acceptors (Lipinski definition) is 4. The van der Waals surface area contributed by atoms with Gasteiger partial charge < -0.3 is 4.74 Å². The van der Waals surface area contributed by atoms with Crippen LogP contribution in [-0.2, 0) is 0 Å². The van der Waals surface area contributed by atoms with Crippen molar-refractivity contribution in [3.8, 4) is 5.75 Å². The van der Waals surface area contributed by atoms with Gasteiger partial charge in [-0.15, -0.1) is 11.8 Å². The second-order valence-electron chi connectivity index (χ2n) is 3.49. The van der Waals surface area contributed by atoms with Gasteiger partial charge in [0, 0.05) is 6.42 Å². The second kappa shape index (κ2) is 6.73. The van der Waals surface area contributed by atoms with E-state index < -0.39 is 0 Å². The molecule has 1 atom stereocenters. The topological polar surface area (TPSA) is 52.9 Å². The maximum absolute atomic E-state index is 8.79. The standard InChI is InChI=1S/C13H17NO3/c1-3-5-12(6-4-2)17-13-9-7-11(8-10-13)14(15)16/h3-4,6-10,12,15-16H,1,5H2,2H3. The summed E-state index contributed by atoms with van der Waals surface area (Å²) in [6, 6.07) is 6.45. The van der Waals surface area contributed by atoms with E-state index in [1.54, 1.807) is 30.3 Å². The highest BCUT2D eigenvalue weighted by molar-refractivity contribution is 5.44. The van der Waals surface area contributed by atoms with Gasteiger partial charge in [0.05, 0.1) is 5.69 Å². The smallest absolute Gasteiger partial charge is 0.120 e. The predicted octanol–water partition coefficient (Wildman–Crippen LogP) is 3.17. The Kier molecular flexibility index (Phi) is 5.26. The number of benzene rings is 1. The van der Waals surface area contributed by atoms with Gasteiger partial charge in [-0.05, 0) is 37.3 Å². The highest BCUT2D eigenvalue weighted by atomic mass is 16.8. The minimum absolute atomic E-state index is 0.0530. The lowest BCUT2D eigenvalue weighted by atomic mass is 10.2. The third kappa shape index (κ3) is 4.30. The molecule has 0 radical (unpaired) electrons.